The summed E-state index contributed by atoms with van der Waals surface area (Å²) in [5.41, 5.74) is 5.40. The van der Waals surface area contributed by atoms with Crippen molar-refractivity contribution in [2.45, 2.75) is 24.3 Å². The van der Waals surface area contributed by atoms with Crippen molar-refractivity contribution in [1.29, 1.82) is 0 Å². The molecule has 0 aromatic heterocycles. The van der Waals surface area contributed by atoms with E-state index in [4.69, 9.17) is 5.73 Å². The van der Waals surface area contributed by atoms with E-state index in [2.05, 4.69) is 0 Å². The van der Waals surface area contributed by atoms with Gasteiger partial charge in [-0.3, -0.25) is 10.1 Å². The van der Waals surface area contributed by atoms with Crippen LogP contribution in [0.1, 0.15) is 13.3 Å². The first-order valence-electron chi connectivity index (χ1n) is 6.26. The average Bonchev–Trinajstić information content (AvgIpc) is 2.43. The second kappa shape index (κ2) is 7.10. The average molecular weight is 333 g/mol. The number of thioether (sulfide) groups is 1. The molecule has 1 unspecified atom stereocenters. The lowest BCUT2D eigenvalue weighted by molar-refractivity contribution is -0.385. The summed E-state index contributed by atoms with van der Waals surface area (Å²) < 4.78 is 26.5. The van der Waals surface area contributed by atoms with Crippen LogP contribution in [0.5, 0.6) is 0 Å². The van der Waals surface area contributed by atoms with Gasteiger partial charge in [0.25, 0.3) is 5.69 Å². The number of anilines is 1. The molecule has 0 aliphatic carbocycles. The second-order valence-corrected chi connectivity index (χ2v) is 7.39. The van der Waals surface area contributed by atoms with Crippen molar-refractivity contribution < 1.29 is 13.3 Å². The van der Waals surface area contributed by atoms with Gasteiger partial charge in [-0.25, -0.2) is 8.42 Å². The minimum atomic E-state index is -3.87. The molecule has 0 saturated carbocycles. The molecule has 0 spiro atoms. The Morgan fingerprint density at radius 2 is 2.10 bits per heavy atom. The number of benzene rings is 1. The molecule has 0 amide bonds. The van der Waals surface area contributed by atoms with Crippen molar-refractivity contribution in [2.24, 2.45) is 0 Å². The molecule has 0 aliphatic heterocycles. The lowest BCUT2D eigenvalue weighted by Gasteiger charge is -2.26. The number of nitrogen functional groups attached to an aromatic ring is 1. The maximum absolute atomic E-state index is 12.6. The van der Waals surface area contributed by atoms with Crippen molar-refractivity contribution in [3.05, 3.63) is 28.3 Å². The number of sulfonamides is 1. The van der Waals surface area contributed by atoms with Gasteiger partial charge in [-0.1, -0.05) is 6.92 Å². The van der Waals surface area contributed by atoms with E-state index >= 15 is 0 Å². The van der Waals surface area contributed by atoms with E-state index in [0.29, 0.717) is 12.2 Å². The Labute approximate surface area is 128 Å². The van der Waals surface area contributed by atoms with E-state index in [1.807, 2.05) is 13.2 Å². The quantitative estimate of drug-likeness (QED) is 0.464. The molecule has 1 rings (SSSR count). The molecule has 0 fully saturated rings. The summed E-state index contributed by atoms with van der Waals surface area (Å²) in [7, 11) is -2.40. The van der Waals surface area contributed by atoms with Gasteiger partial charge in [0.15, 0.2) is 0 Å². The largest absolute Gasteiger partial charge is 0.398 e. The minimum absolute atomic E-state index is 0.00598. The molecule has 0 saturated heterocycles. The third kappa shape index (κ3) is 3.86. The van der Waals surface area contributed by atoms with E-state index < -0.39 is 14.9 Å². The summed E-state index contributed by atoms with van der Waals surface area (Å²) in [6.07, 6.45) is 2.54. The number of hydrogen-bond donors (Lipinski definition) is 1. The Bertz CT molecular complexity index is 619. The Hall–Kier alpha value is -1.32. The second-order valence-electron chi connectivity index (χ2n) is 4.52. The molecule has 21 heavy (non-hydrogen) atoms. The summed E-state index contributed by atoms with van der Waals surface area (Å²) in [6, 6.07) is 3.25. The van der Waals surface area contributed by atoms with Crippen molar-refractivity contribution in [1.82, 2.24) is 4.31 Å². The number of nitrogens with two attached hydrogens (primary N) is 1. The fourth-order valence-corrected chi connectivity index (χ4v) is 4.38. The minimum Gasteiger partial charge on any atom is -0.398 e. The lowest BCUT2D eigenvalue weighted by atomic mass is 10.3. The highest BCUT2D eigenvalue weighted by Gasteiger charge is 2.29. The van der Waals surface area contributed by atoms with Crippen LogP contribution in [0.4, 0.5) is 11.4 Å². The smallest absolute Gasteiger partial charge is 0.270 e. The van der Waals surface area contributed by atoms with Gasteiger partial charge >= 0.3 is 0 Å². The molecular weight excluding hydrogens is 314 g/mol. The summed E-state index contributed by atoms with van der Waals surface area (Å²) in [5.74, 6) is 0.640. The standard InChI is InChI=1S/C12H19N3O4S2/c1-4-9(8-20-3)14(2)21(18,19)12-7-10(15(16)17)5-6-11(12)13/h5-7,9H,4,8,13H2,1-3H3. The monoisotopic (exact) mass is 333 g/mol. The van der Waals surface area contributed by atoms with E-state index in [-0.39, 0.29) is 22.3 Å². The molecule has 118 valence electrons. The Kier molecular flexibility index (Phi) is 5.99. The van der Waals surface area contributed by atoms with Gasteiger partial charge in [0.05, 0.1) is 10.6 Å². The number of hydrogen-bond acceptors (Lipinski definition) is 6. The van der Waals surface area contributed by atoms with E-state index in [9.17, 15) is 18.5 Å². The number of rotatable bonds is 7. The lowest BCUT2D eigenvalue weighted by Crippen LogP contribution is -2.38. The third-order valence-electron chi connectivity index (χ3n) is 3.21. The Morgan fingerprint density at radius 1 is 1.48 bits per heavy atom. The Morgan fingerprint density at radius 3 is 2.57 bits per heavy atom. The molecule has 0 bridgehead atoms. The molecule has 0 radical (unpaired) electrons. The third-order valence-corrected chi connectivity index (χ3v) is 5.89. The highest BCUT2D eigenvalue weighted by molar-refractivity contribution is 7.98. The number of nitrogens with zero attached hydrogens (tertiary/aromatic N) is 2. The fourth-order valence-electron chi connectivity index (χ4n) is 1.88. The fraction of sp³-hybridized carbons (Fsp3) is 0.500. The summed E-state index contributed by atoms with van der Waals surface area (Å²) in [4.78, 5) is 9.94. The predicted octanol–water partition coefficient (Wildman–Crippen LogP) is 1.94. The van der Waals surface area contributed by atoms with Crippen LogP contribution in [0.3, 0.4) is 0 Å². The van der Waals surface area contributed by atoms with Crippen LogP contribution in [0, 0.1) is 10.1 Å². The molecule has 1 aromatic carbocycles. The van der Waals surface area contributed by atoms with Crippen LogP contribution >= 0.6 is 11.8 Å². The number of nitro groups is 1. The van der Waals surface area contributed by atoms with Gasteiger partial charge in [-0.05, 0) is 18.7 Å². The number of non-ortho nitro benzene ring substituents is 1. The van der Waals surface area contributed by atoms with Crippen LogP contribution in [-0.4, -0.2) is 42.7 Å². The van der Waals surface area contributed by atoms with Gasteiger partial charge in [-0.2, -0.15) is 16.1 Å². The van der Waals surface area contributed by atoms with Crippen LogP contribution in [0.25, 0.3) is 0 Å². The molecule has 2 N–H and O–H groups in total. The van der Waals surface area contributed by atoms with Gasteiger partial charge in [0, 0.05) is 31.0 Å². The Balaban J connectivity index is 3.29. The first-order chi connectivity index (χ1) is 9.75. The molecular formula is C12H19N3O4S2. The van der Waals surface area contributed by atoms with Gasteiger partial charge in [-0.15, -0.1) is 0 Å². The van der Waals surface area contributed by atoms with Gasteiger partial charge in [0.2, 0.25) is 10.0 Å². The van der Waals surface area contributed by atoms with Gasteiger partial charge < -0.3 is 5.73 Å². The predicted molar refractivity (Wildman–Crippen MR) is 84.9 cm³/mol. The molecule has 9 heteroatoms. The number of nitro benzene ring substituents is 1. The first-order valence-corrected chi connectivity index (χ1v) is 9.10. The summed E-state index contributed by atoms with van der Waals surface area (Å²) >= 11 is 1.54. The van der Waals surface area contributed by atoms with Crippen LogP contribution in [0.2, 0.25) is 0 Å². The molecule has 0 aliphatic rings. The highest BCUT2D eigenvalue weighted by atomic mass is 32.2. The topological polar surface area (TPSA) is 107 Å². The molecule has 0 heterocycles. The summed E-state index contributed by atoms with van der Waals surface area (Å²) in [5, 5.41) is 10.8. The van der Waals surface area contributed by atoms with E-state index in [0.717, 1.165) is 6.07 Å². The SMILES string of the molecule is CCC(CSC)N(C)S(=O)(=O)c1cc([N+](=O)[O-])ccc1N. The van der Waals surface area contributed by atoms with Crippen molar-refractivity contribution >= 4 is 33.2 Å². The highest BCUT2D eigenvalue weighted by Crippen LogP contribution is 2.28. The normalized spacial score (nSPS) is 13.3. The van der Waals surface area contributed by atoms with Crippen molar-refractivity contribution in [3.63, 3.8) is 0 Å². The maximum Gasteiger partial charge on any atom is 0.270 e. The molecule has 1 atom stereocenters. The van der Waals surface area contributed by atoms with E-state index in [1.54, 1.807) is 11.8 Å². The van der Waals surface area contributed by atoms with Crippen molar-refractivity contribution in [2.75, 3.05) is 24.8 Å². The zero-order valence-electron chi connectivity index (χ0n) is 12.1. The zero-order chi connectivity index (χ0) is 16.2. The summed E-state index contributed by atoms with van der Waals surface area (Å²) in [6.45, 7) is 1.89. The van der Waals surface area contributed by atoms with Crippen LogP contribution < -0.4 is 5.73 Å². The van der Waals surface area contributed by atoms with Gasteiger partial charge in [0.1, 0.15) is 4.90 Å². The molecule has 1 aromatic rings. The maximum atomic E-state index is 12.6. The van der Waals surface area contributed by atoms with Crippen LogP contribution in [0.15, 0.2) is 23.1 Å². The van der Waals surface area contributed by atoms with E-state index in [1.165, 1.54) is 23.5 Å². The van der Waals surface area contributed by atoms with Crippen molar-refractivity contribution in [3.8, 4) is 0 Å². The zero-order valence-corrected chi connectivity index (χ0v) is 13.8. The first kappa shape index (κ1) is 17.7. The molecule has 7 nitrogen and oxygen atoms in total. The van der Waals surface area contributed by atoms with Crippen LogP contribution in [-0.2, 0) is 10.0 Å².